The van der Waals surface area contributed by atoms with Crippen molar-refractivity contribution in [3.63, 3.8) is 0 Å². The SMILES string of the molecule is COc1cc(F)ccc1Oc1nc(-c2ncc3ccccc3n2)ccc1C. The average Bonchev–Trinajstić information content (AvgIpc) is 2.70. The number of hydrogen-bond donors (Lipinski definition) is 0. The summed E-state index contributed by atoms with van der Waals surface area (Å²) in [6.07, 6.45) is 1.77. The van der Waals surface area contributed by atoms with Crippen LogP contribution in [0.2, 0.25) is 0 Å². The van der Waals surface area contributed by atoms with Crippen molar-refractivity contribution in [1.29, 1.82) is 0 Å². The summed E-state index contributed by atoms with van der Waals surface area (Å²) < 4.78 is 24.5. The first kappa shape index (κ1) is 16.9. The van der Waals surface area contributed by atoms with Crippen LogP contribution in [0.15, 0.2) is 60.8 Å². The van der Waals surface area contributed by atoms with Gasteiger partial charge in [0.2, 0.25) is 5.88 Å². The van der Waals surface area contributed by atoms with Crippen LogP contribution in [0.5, 0.6) is 17.4 Å². The van der Waals surface area contributed by atoms with Crippen molar-refractivity contribution in [1.82, 2.24) is 15.0 Å². The molecule has 0 aliphatic heterocycles. The first-order valence-corrected chi connectivity index (χ1v) is 8.35. The number of halogens is 1. The third-order valence-corrected chi connectivity index (χ3v) is 4.10. The number of methoxy groups -OCH3 is 1. The molecule has 4 rings (SSSR count). The first-order chi connectivity index (χ1) is 13.1. The van der Waals surface area contributed by atoms with Crippen molar-refractivity contribution in [3.8, 4) is 28.9 Å². The fourth-order valence-corrected chi connectivity index (χ4v) is 2.66. The van der Waals surface area contributed by atoms with Gasteiger partial charge in [-0.15, -0.1) is 0 Å². The Hall–Kier alpha value is -3.54. The largest absolute Gasteiger partial charge is 0.493 e. The Balaban J connectivity index is 1.73. The molecule has 0 radical (unpaired) electrons. The van der Waals surface area contributed by atoms with E-state index in [0.717, 1.165) is 16.5 Å². The molecule has 0 bridgehead atoms. The van der Waals surface area contributed by atoms with Crippen LogP contribution in [0, 0.1) is 12.7 Å². The third-order valence-electron chi connectivity index (χ3n) is 4.10. The highest BCUT2D eigenvalue weighted by molar-refractivity contribution is 5.79. The molecule has 0 aliphatic rings. The molecular formula is C21H16FN3O2. The molecule has 0 N–H and O–H groups in total. The molecule has 0 spiro atoms. The van der Waals surface area contributed by atoms with E-state index in [2.05, 4.69) is 15.0 Å². The number of ether oxygens (including phenoxy) is 2. The molecule has 5 nitrogen and oxygen atoms in total. The van der Waals surface area contributed by atoms with Crippen LogP contribution in [-0.4, -0.2) is 22.1 Å². The van der Waals surface area contributed by atoms with Gasteiger partial charge in [-0.3, -0.25) is 0 Å². The standard InChI is InChI=1S/C21H16FN3O2/c1-13-7-9-17(20-23-12-14-5-3-4-6-16(14)24-20)25-21(13)27-18-10-8-15(22)11-19(18)26-2/h3-12H,1-2H3. The van der Waals surface area contributed by atoms with Gasteiger partial charge in [0, 0.05) is 23.2 Å². The van der Waals surface area contributed by atoms with Gasteiger partial charge in [-0.05, 0) is 31.2 Å². The topological polar surface area (TPSA) is 57.1 Å². The second kappa shape index (κ2) is 6.99. The number of rotatable bonds is 4. The van der Waals surface area contributed by atoms with Crippen molar-refractivity contribution >= 4 is 10.9 Å². The molecule has 0 saturated carbocycles. The minimum Gasteiger partial charge on any atom is -0.493 e. The molecule has 4 aromatic rings. The maximum Gasteiger partial charge on any atom is 0.223 e. The molecule has 0 saturated heterocycles. The Bertz CT molecular complexity index is 1130. The molecule has 0 fully saturated rings. The highest BCUT2D eigenvalue weighted by Gasteiger charge is 2.13. The zero-order valence-corrected chi connectivity index (χ0v) is 14.8. The van der Waals surface area contributed by atoms with Crippen LogP contribution in [0.25, 0.3) is 22.4 Å². The smallest absolute Gasteiger partial charge is 0.223 e. The van der Waals surface area contributed by atoms with E-state index in [4.69, 9.17) is 9.47 Å². The fourth-order valence-electron chi connectivity index (χ4n) is 2.66. The van der Waals surface area contributed by atoms with E-state index in [0.29, 0.717) is 28.9 Å². The lowest BCUT2D eigenvalue weighted by atomic mass is 10.2. The van der Waals surface area contributed by atoms with Crippen LogP contribution in [-0.2, 0) is 0 Å². The summed E-state index contributed by atoms with van der Waals surface area (Å²) in [4.78, 5) is 13.5. The number of fused-ring (bicyclic) bond motifs is 1. The lowest BCUT2D eigenvalue weighted by Gasteiger charge is -2.12. The van der Waals surface area contributed by atoms with Gasteiger partial charge >= 0.3 is 0 Å². The number of para-hydroxylation sites is 1. The number of nitrogens with zero attached hydrogens (tertiary/aromatic N) is 3. The summed E-state index contributed by atoms with van der Waals surface area (Å²) in [6.45, 7) is 1.88. The van der Waals surface area contributed by atoms with E-state index in [-0.39, 0.29) is 0 Å². The van der Waals surface area contributed by atoms with E-state index in [1.165, 1.54) is 25.3 Å². The molecule has 0 atom stereocenters. The third kappa shape index (κ3) is 3.42. The van der Waals surface area contributed by atoms with E-state index in [1.807, 2.05) is 43.3 Å². The number of pyridine rings is 1. The van der Waals surface area contributed by atoms with Crippen molar-refractivity contribution in [2.45, 2.75) is 6.92 Å². The van der Waals surface area contributed by atoms with E-state index in [9.17, 15) is 4.39 Å². The predicted molar refractivity (Wildman–Crippen MR) is 101 cm³/mol. The fraction of sp³-hybridized carbons (Fsp3) is 0.0952. The number of aromatic nitrogens is 3. The second-order valence-corrected chi connectivity index (χ2v) is 5.97. The molecule has 0 aliphatic carbocycles. The molecule has 2 aromatic carbocycles. The first-order valence-electron chi connectivity index (χ1n) is 8.35. The van der Waals surface area contributed by atoms with Gasteiger partial charge < -0.3 is 9.47 Å². The van der Waals surface area contributed by atoms with Crippen LogP contribution in [0.4, 0.5) is 4.39 Å². The molecule has 2 heterocycles. The highest BCUT2D eigenvalue weighted by atomic mass is 19.1. The molecule has 6 heteroatoms. The summed E-state index contributed by atoms with van der Waals surface area (Å²) >= 11 is 0. The maximum absolute atomic E-state index is 13.4. The van der Waals surface area contributed by atoms with Gasteiger partial charge in [0.05, 0.1) is 12.6 Å². The van der Waals surface area contributed by atoms with Crippen molar-refractivity contribution in [3.05, 3.63) is 72.2 Å². The van der Waals surface area contributed by atoms with Crippen molar-refractivity contribution in [2.24, 2.45) is 0 Å². The molecular weight excluding hydrogens is 345 g/mol. The molecule has 134 valence electrons. The summed E-state index contributed by atoms with van der Waals surface area (Å²) in [7, 11) is 1.46. The van der Waals surface area contributed by atoms with Crippen molar-refractivity contribution < 1.29 is 13.9 Å². The predicted octanol–water partition coefficient (Wildman–Crippen LogP) is 4.94. The van der Waals surface area contributed by atoms with E-state index in [1.54, 1.807) is 6.20 Å². The number of aryl methyl sites for hydroxylation is 1. The Morgan fingerprint density at radius 3 is 2.63 bits per heavy atom. The van der Waals surface area contributed by atoms with Gasteiger partial charge in [-0.25, -0.2) is 19.3 Å². The Labute approximate surface area is 155 Å². The number of hydrogen-bond acceptors (Lipinski definition) is 5. The summed E-state index contributed by atoms with van der Waals surface area (Å²) in [5, 5.41) is 0.959. The lowest BCUT2D eigenvalue weighted by molar-refractivity contribution is 0.370. The zero-order valence-electron chi connectivity index (χ0n) is 14.8. The van der Waals surface area contributed by atoms with E-state index >= 15 is 0 Å². The van der Waals surface area contributed by atoms with Crippen LogP contribution in [0.1, 0.15) is 5.56 Å². The lowest BCUT2D eigenvalue weighted by Crippen LogP contribution is -1.98. The maximum atomic E-state index is 13.4. The monoisotopic (exact) mass is 361 g/mol. The summed E-state index contributed by atoms with van der Waals surface area (Å²) in [5.74, 6) is 1.16. The van der Waals surface area contributed by atoms with Gasteiger partial charge in [-0.2, -0.15) is 0 Å². The van der Waals surface area contributed by atoms with Gasteiger partial charge in [0.15, 0.2) is 17.3 Å². The normalized spacial score (nSPS) is 10.8. The summed E-state index contributed by atoms with van der Waals surface area (Å²) in [6, 6.07) is 15.6. The average molecular weight is 361 g/mol. The molecule has 2 aromatic heterocycles. The Kier molecular flexibility index (Phi) is 4.38. The quantitative estimate of drug-likeness (QED) is 0.515. The highest BCUT2D eigenvalue weighted by Crippen LogP contribution is 2.33. The van der Waals surface area contributed by atoms with Crippen LogP contribution >= 0.6 is 0 Å². The van der Waals surface area contributed by atoms with E-state index < -0.39 is 5.82 Å². The molecule has 0 amide bonds. The minimum atomic E-state index is -0.401. The second-order valence-electron chi connectivity index (χ2n) is 5.97. The van der Waals surface area contributed by atoms with Gasteiger partial charge in [0.1, 0.15) is 11.5 Å². The van der Waals surface area contributed by atoms with Crippen LogP contribution < -0.4 is 9.47 Å². The molecule has 0 unspecified atom stereocenters. The minimum absolute atomic E-state index is 0.295. The zero-order chi connectivity index (χ0) is 18.8. The summed E-state index contributed by atoms with van der Waals surface area (Å²) in [5.41, 5.74) is 2.25. The number of benzene rings is 2. The van der Waals surface area contributed by atoms with Crippen LogP contribution in [0.3, 0.4) is 0 Å². The Morgan fingerprint density at radius 2 is 1.78 bits per heavy atom. The van der Waals surface area contributed by atoms with Crippen molar-refractivity contribution in [2.75, 3.05) is 7.11 Å². The molecule has 27 heavy (non-hydrogen) atoms. The van der Waals surface area contributed by atoms with Gasteiger partial charge in [-0.1, -0.05) is 24.3 Å². The Morgan fingerprint density at radius 1 is 0.926 bits per heavy atom. The van der Waals surface area contributed by atoms with Gasteiger partial charge in [0.25, 0.3) is 0 Å².